The van der Waals surface area contributed by atoms with Gasteiger partial charge in [-0.2, -0.15) is 0 Å². The van der Waals surface area contributed by atoms with E-state index in [2.05, 4.69) is 255 Å². The Balaban J connectivity index is 0.000000128. The van der Waals surface area contributed by atoms with Crippen LogP contribution in [0.5, 0.6) is 0 Å². The van der Waals surface area contributed by atoms with E-state index in [1.807, 2.05) is 39.8 Å². The van der Waals surface area contributed by atoms with Crippen LogP contribution in [-0.4, -0.2) is 27.5 Å². The molecule has 1 fully saturated rings. The lowest BCUT2D eigenvalue weighted by molar-refractivity contribution is 0.00578. The van der Waals surface area contributed by atoms with Crippen molar-refractivity contribution >= 4 is 174 Å². The van der Waals surface area contributed by atoms with Crippen molar-refractivity contribution in [2.24, 2.45) is 0 Å². The molecule has 17 aromatic rings. The SMILES string of the molecule is CC(C)(C)c1ccccc1B1OC(C)(C)C(C)(C)O1.CC(C)n1c(=O)c2c3cc(-c4ccccc4C(C)(C)C)c4ccc5ccc6c(-c7ccccc7C(C)(C)C)cc(c2c1=O)c1c6c5c4c31.CC(C)n1c(=O)c2c3cc(Br)c4ccc5ccc6c(Br)cc(c2c1=O)c1c6c5c4c31. The largest absolute Gasteiger partial charge is 0.495 e. The fourth-order valence-electron chi connectivity index (χ4n) is 16.8. The molecule has 0 saturated carbocycles. The van der Waals surface area contributed by atoms with Gasteiger partial charge in [0.25, 0.3) is 22.2 Å². The zero-order valence-electron chi connectivity index (χ0n) is 58.2. The number of halogens is 2. The van der Waals surface area contributed by atoms with Gasteiger partial charge in [-0.05, 0) is 248 Å². The van der Waals surface area contributed by atoms with Crippen LogP contribution in [0, 0.1) is 0 Å². The van der Waals surface area contributed by atoms with E-state index >= 15 is 0 Å². The van der Waals surface area contributed by atoms with Crippen LogP contribution in [0.2, 0.25) is 0 Å². The van der Waals surface area contributed by atoms with Gasteiger partial charge in [-0.15, -0.1) is 0 Å². The summed E-state index contributed by atoms with van der Waals surface area (Å²) in [6, 6.07) is 51.4. The summed E-state index contributed by atoms with van der Waals surface area (Å²) < 4.78 is 17.1. The third-order valence-corrected chi connectivity index (χ3v) is 23.1. The molecule has 2 aromatic heterocycles. The topological polar surface area (TPSA) is 96.6 Å². The molecule has 484 valence electrons. The van der Waals surface area contributed by atoms with Gasteiger partial charge in [0.15, 0.2) is 0 Å². The average molecular weight is 1410 g/mol. The van der Waals surface area contributed by atoms with Gasteiger partial charge in [-0.25, -0.2) is 0 Å². The second-order valence-electron chi connectivity index (χ2n) is 32.1. The third kappa shape index (κ3) is 8.85. The fourth-order valence-corrected chi connectivity index (χ4v) is 17.9. The lowest BCUT2D eigenvalue weighted by atomic mass is 9.70. The van der Waals surface area contributed by atoms with Crippen molar-refractivity contribution in [1.29, 1.82) is 0 Å². The highest BCUT2D eigenvalue weighted by Crippen LogP contribution is 2.56. The predicted molar refractivity (Wildman–Crippen MR) is 419 cm³/mol. The third-order valence-electron chi connectivity index (χ3n) is 21.8. The van der Waals surface area contributed by atoms with E-state index in [0.717, 1.165) is 79.4 Å². The second kappa shape index (κ2) is 21.1. The van der Waals surface area contributed by atoms with Crippen LogP contribution < -0.4 is 27.7 Å². The molecule has 8 nitrogen and oxygen atoms in total. The van der Waals surface area contributed by atoms with Crippen molar-refractivity contribution in [3.63, 3.8) is 0 Å². The maximum absolute atomic E-state index is 14.5. The minimum atomic E-state index is -0.289. The molecule has 1 saturated heterocycles. The van der Waals surface area contributed by atoms with E-state index in [9.17, 15) is 19.2 Å². The molecule has 0 atom stereocenters. The Morgan fingerprint density at radius 1 is 0.340 bits per heavy atom. The first kappa shape index (κ1) is 63.4. The van der Waals surface area contributed by atoms with Crippen molar-refractivity contribution in [2.45, 2.75) is 157 Å². The molecule has 97 heavy (non-hydrogen) atoms. The summed E-state index contributed by atoms with van der Waals surface area (Å²) in [6.45, 7) is 36.2. The molecular formula is C86H77BBr2N2O6. The summed E-state index contributed by atoms with van der Waals surface area (Å²) in [7, 11) is -0.277. The van der Waals surface area contributed by atoms with E-state index < -0.39 is 0 Å². The molecular weight excluding hydrogens is 1330 g/mol. The van der Waals surface area contributed by atoms with Crippen LogP contribution >= 0.6 is 31.9 Å². The lowest BCUT2D eigenvalue weighted by Crippen LogP contribution is -2.41. The van der Waals surface area contributed by atoms with Crippen molar-refractivity contribution in [2.75, 3.05) is 0 Å². The van der Waals surface area contributed by atoms with Crippen LogP contribution in [0.3, 0.4) is 0 Å². The Hall–Kier alpha value is -8.32. The zero-order valence-corrected chi connectivity index (χ0v) is 61.4. The normalized spacial score (nSPS) is 15.0. The standard InChI is InChI=1S/C45H39NO2.C25H13Br2NO2.C16H25BO2/c1-23(2)46-42(47)40-31-21-29(25-13-9-11-15-33(25)44(3,4)5)27-19-17-24-18-20-28-30(26-14-10-12-16-34(26)45(6,7)8)22-32(41(40)43(46)48)39-37(28)35(24)36(27)38(31)39;1-9(2)28-24(29)22-13-7-15(26)11-5-3-10-4-6-12-16(27)8-14(23(22)25(28)30)21-19(12)17(10)18(11)20(13)21;1-14(2,3)12-10-8-9-11-13(12)17-18-15(4,5)16(6,7)19-17/h9-23H,1-8H3;3-9H,1-2H3;8-11H,1-7H3. The average Bonchev–Trinajstić information content (AvgIpc) is 1.51. The molecule has 3 heterocycles. The highest BCUT2D eigenvalue weighted by atomic mass is 79.9. The second-order valence-corrected chi connectivity index (χ2v) is 33.8. The molecule has 0 spiro atoms. The fraction of sp³-hybridized carbons (Fsp3) is 0.279. The molecule has 11 heteroatoms. The number of nitrogens with zero attached hydrogens (tertiary/aromatic N) is 2. The first-order valence-corrected chi connectivity index (χ1v) is 35.6. The quantitative estimate of drug-likeness (QED) is 0.126. The summed E-state index contributed by atoms with van der Waals surface area (Å²) in [5.41, 5.74) is 8.04. The summed E-state index contributed by atoms with van der Waals surface area (Å²) in [6.07, 6.45) is 0. The van der Waals surface area contributed by atoms with Gasteiger partial charge in [0.05, 0.1) is 32.7 Å². The van der Waals surface area contributed by atoms with E-state index in [4.69, 9.17) is 9.31 Å². The Morgan fingerprint density at radius 3 is 0.969 bits per heavy atom. The number of benzene rings is 13. The molecule has 1 aliphatic heterocycles. The Morgan fingerprint density at radius 2 is 0.629 bits per heavy atom. The van der Waals surface area contributed by atoms with Crippen molar-refractivity contribution in [3.8, 4) is 22.3 Å². The first-order valence-electron chi connectivity index (χ1n) is 34.0. The van der Waals surface area contributed by atoms with Gasteiger partial charge in [0.2, 0.25) is 0 Å². The molecule has 0 bridgehead atoms. The number of aromatic nitrogens is 2. The number of rotatable bonds is 5. The van der Waals surface area contributed by atoms with E-state index in [1.165, 1.54) is 90.8 Å². The van der Waals surface area contributed by atoms with Crippen LogP contribution in [0.15, 0.2) is 174 Å². The van der Waals surface area contributed by atoms with E-state index in [-0.39, 0.29) is 68.9 Å². The Labute approximate surface area is 580 Å². The van der Waals surface area contributed by atoms with Gasteiger partial charge in [0, 0.05) is 21.0 Å². The summed E-state index contributed by atoms with van der Waals surface area (Å²) in [4.78, 5) is 55.9. The van der Waals surface area contributed by atoms with Crippen LogP contribution in [0.25, 0.3) is 152 Å². The first-order chi connectivity index (χ1) is 45.7. The highest BCUT2D eigenvalue weighted by Gasteiger charge is 2.52. The van der Waals surface area contributed by atoms with Crippen LogP contribution in [0.1, 0.15) is 146 Å². The summed E-state index contributed by atoms with van der Waals surface area (Å²) >= 11 is 7.48. The van der Waals surface area contributed by atoms with Crippen molar-refractivity contribution in [3.05, 3.63) is 213 Å². The molecule has 0 unspecified atom stereocenters. The minimum Gasteiger partial charge on any atom is -0.399 e. The predicted octanol–water partition coefficient (Wildman–Crippen LogP) is 21.7. The van der Waals surface area contributed by atoms with Gasteiger partial charge in [0.1, 0.15) is 0 Å². The van der Waals surface area contributed by atoms with Gasteiger partial charge in [-0.1, -0.05) is 216 Å². The number of hydrogen-bond acceptors (Lipinski definition) is 6. The molecule has 0 radical (unpaired) electrons. The number of fused-ring (bicyclic) bond motifs is 6. The summed E-state index contributed by atoms with van der Waals surface area (Å²) in [5.74, 6) is 0. The van der Waals surface area contributed by atoms with Gasteiger partial charge >= 0.3 is 7.12 Å². The Bertz CT molecular complexity index is 6000. The van der Waals surface area contributed by atoms with Crippen LogP contribution in [0.4, 0.5) is 0 Å². The number of hydrogen-bond donors (Lipinski definition) is 0. The maximum atomic E-state index is 14.5. The molecule has 18 rings (SSSR count). The monoisotopic (exact) mass is 1400 g/mol. The Kier molecular flexibility index (Phi) is 13.8. The zero-order chi connectivity index (χ0) is 68.7. The maximum Gasteiger partial charge on any atom is 0.495 e. The molecule has 0 aliphatic carbocycles. The lowest BCUT2D eigenvalue weighted by Gasteiger charge is -2.32. The van der Waals surface area contributed by atoms with Gasteiger partial charge < -0.3 is 9.31 Å². The van der Waals surface area contributed by atoms with Crippen molar-refractivity contribution in [1.82, 2.24) is 9.13 Å². The molecule has 0 N–H and O–H groups in total. The highest BCUT2D eigenvalue weighted by molar-refractivity contribution is 9.11. The molecule has 15 aromatic carbocycles. The molecule has 1 aliphatic rings. The smallest absolute Gasteiger partial charge is 0.399 e. The van der Waals surface area contributed by atoms with Crippen molar-refractivity contribution < 1.29 is 9.31 Å². The molecule has 0 amide bonds. The van der Waals surface area contributed by atoms with Gasteiger partial charge in [-0.3, -0.25) is 28.3 Å². The summed E-state index contributed by atoms with van der Waals surface area (Å²) in [5, 5.41) is 24.2. The van der Waals surface area contributed by atoms with E-state index in [0.29, 0.717) is 21.5 Å². The van der Waals surface area contributed by atoms with E-state index in [1.54, 1.807) is 0 Å². The van der Waals surface area contributed by atoms with Crippen LogP contribution in [-0.2, 0) is 25.6 Å². The minimum absolute atomic E-state index is 0.0835.